The summed E-state index contributed by atoms with van der Waals surface area (Å²) in [5.74, 6) is -0.0346. The van der Waals surface area contributed by atoms with Crippen molar-refractivity contribution in [1.82, 2.24) is 0 Å². The van der Waals surface area contributed by atoms with E-state index >= 15 is 0 Å². The zero-order valence-corrected chi connectivity index (χ0v) is 15.1. The van der Waals surface area contributed by atoms with Crippen LogP contribution in [-0.4, -0.2) is 18.7 Å². The topological polar surface area (TPSA) is 65.7 Å². The summed E-state index contributed by atoms with van der Waals surface area (Å²) in [5, 5.41) is 1.34. The van der Waals surface area contributed by atoms with Crippen LogP contribution in [0.3, 0.4) is 0 Å². The molecule has 0 radical (unpaired) electrons. The summed E-state index contributed by atoms with van der Waals surface area (Å²) in [5.41, 5.74) is 1.08. The van der Waals surface area contributed by atoms with Gasteiger partial charge >= 0.3 is 11.6 Å². The van der Waals surface area contributed by atoms with E-state index in [4.69, 9.17) is 25.5 Å². The highest BCUT2D eigenvalue weighted by Crippen LogP contribution is 2.25. The Hall–Kier alpha value is -2.79. The molecule has 0 bridgehead atoms. The smallest absolute Gasteiger partial charge is 0.347 e. The molecule has 1 atom stereocenters. The van der Waals surface area contributed by atoms with E-state index in [1.54, 1.807) is 62.4 Å². The molecular formula is C20H17ClO5. The molecule has 3 aromatic rings. The molecule has 0 fully saturated rings. The first-order chi connectivity index (χ1) is 12.5. The quantitative estimate of drug-likeness (QED) is 0.489. The Morgan fingerprint density at radius 1 is 1.15 bits per heavy atom. The highest BCUT2D eigenvalue weighted by Gasteiger charge is 2.16. The summed E-state index contributed by atoms with van der Waals surface area (Å²) in [7, 11) is 0. The van der Waals surface area contributed by atoms with Crippen molar-refractivity contribution < 1.29 is 18.7 Å². The van der Waals surface area contributed by atoms with Gasteiger partial charge < -0.3 is 13.9 Å². The van der Waals surface area contributed by atoms with Crippen LogP contribution in [0.2, 0.25) is 5.02 Å². The number of carbonyl (C=O) groups is 1. The van der Waals surface area contributed by atoms with Crippen molar-refractivity contribution in [3.63, 3.8) is 0 Å². The number of halogens is 1. The Morgan fingerprint density at radius 3 is 2.58 bits per heavy atom. The maximum atomic E-state index is 12.3. The second-order valence-electron chi connectivity index (χ2n) is 5.67. The number of esters is 1. The summed E-state index contributed by atoms with van der Waals surface area (Å²) in [6, 6.07) is 13.8. The molecule has 26 heavy (non-hydrogen) atoms. The van der Waals surface area contributed by atoms with E-state index in [2.05, 4.69) is 0 Å². The van der Waals surface area contributed by atoms with Crippen LogP contribution in [0, 0.1) is 0 Å². The van der Waals surface area contributed by atoms with E-state index in [-0.39, 0.29) is 6.61 Å². The first-order valence-corrected chi connectivity index (χ1v) is 8.53. The number of ether oxygens (including phenoxy) is 2. The highest BCUT2D eigenvalue weighted by atomic mass is 35.5. The fraction of sp³-hybridized carbons (Fsp3) is 0.200. The maximum Gasteiger partial charge on any atom is 0.347 e. The second-order valence-corrected chi connectivity index (χ2v) is 6.10. The van der Waals surface area contributed by atoms with Crippen LogP contribution in [0.25, 0.3) is 22.1 Å². The third-order valence-corrected chi connectivity index (χ3v) is 4.05. The molecule has 0 aliphatic rings. The van der Waals surface area contributed by atoms with Gasteiger partial charge in [0.2, 0.25) is 0 Å². The van der Waals surface area contributed by atoms with Gasteiger partial charge in [-0.15, -0.1) is 0 Å². The van der Waals surface area contributed by atoms with Crippen LogP contribution in [-0.2, 0) is 9.53 Å². The van der Waals surface area contributed by atoms with E-state index in [1.807, 2.05) is 0 Å². The first-order valence-electron chi connectivity index (χ1n) is 8.15. The standard InChI is InChI=1S/C20H17ClO5/c1-3-24-19(22)12(2)25-16-9-6-14-10-17(20(23)26-18(14)11-16)13-4-7-15(21)8-5-13/h4-12H,3H2,1-2H3. The van der Waals surface area contributed by atoms with Crippen LogP contribution in [0.1, 0.15) is 13.8 Å². The summed E-state index contributed by atoms with van der Waals surface area (Å²) >= 11 is 5.89. The fourth-order valence-corrected chi connectivity index (χ4v) is 2.63. The molecule has 6 heteroatoms. The minimum absolute atomic E-state index is 0.284. The molecule has 5 nitrogen and oxygen atoms in total. The zero-order valence-electron chi connectivity index (χ0n) is 14.3. The predicted octanol–water partition coefficient (Wildman–Crippen LogP) is 4.44. The number of carbonyl (C=O) groups excluding carboxylic acids is 1. The average molecular weight is 373 g/mol. The van der Waals surface area contributed by atoms with Crippen LogP contribution in [0.15, 0.2) is 57.7 Å². The van der Waals surface area contributed by atoms with Crippen LogP contribution in [0.4, 0.5) is 0 Å². The molecule has 2 aromatic carbocycles. The predicted molar refractivity (Wildman–Crippen MR) is 99.7 cm³/mol. The molecular weight excluding hydrogens is 356 g/mol. The van der Waals surface area contributed by atoms with Gasteiger partial charge in [0, 0.05) is 16.5 Å². The lowest BCUT2D eigenvalue weighted by Gasteiger charge is -2.13. The van der Waals surface area contributed by atoms with Gasteiger partial charge in [-0.1, -0.05) is 23.7 Å². The number of hydrogen-bond donors (Lipinski definition) is 0. The Kier molecular flexibility index (Phi) is 5.28. The Morgan fingerprint density at radius 2 is 1.88 bits per heavy atom. The van der Waals surface area contributed by atoms with Gasteiger partial charge in [0.15, 0.2) is 6.10 Å². The minimum atomic E-state index is -0.757. The largest absolute Gasteiger partial charge is 0.479 e. The summed E-state index contributed by atoms with van der Waals surface area (Å²) < 4.78 is 15.9. The molecule has 1 heterocycles. The molecule has 3 rings (SSSR count). The lowest BCUT2D eigenvalue weighted by molar-refractivity contribution is -0.150. The molecule has 0 saturated carbocycles. The first kappa shape index (κ1) is 18.0. The summed E-state index contributed by atoms with van der Waals surface area (Å²) in [6.07, 6.45) is -0.757. The van der Waals surface area contributed by atoms with E-state index in [0.717, 1.165) is 10.9 Å². The molecule has 0 aliphatic carbocycles. The lowest BCUT2D eigenvalue weighted by atomic mass is 10.1. The van der Waals surface area contributed by atoms with E-state index in [1.165, 1.54) is 0 Å². The Balaban J connectivity index is 1.92. The highest BCUT2D eigenvalue weighted by molar-refractivity contribution is 6.30. The molecule has 1 aromatic heterocycles. The maximum absolute atomic E-state index is 12.3. The average Bonchev–Trinajstić information content (AvgIpc) is 2.62. The fourth-order valence-electron chi connectivity index (χ4n) is 2.51. The van der Waals surface area contributed by atoms with E-state index in [0.29, 0.717) is 21.9 Å². The van der Waals surface area contributed by atoms with Crippen molar-refractivity contribution >= 4 is 28.5 Å². The third-order valence-electron chi connectivity index (χ3n) is 3.79. The molecule has 0 aliphatic heterocycles. The normalized spacial score (nSPS) is 12.0. The number of benzene rings is 2. The van der Waals surface area contributed by atoms with Crippen LogP contribution >= 0.6 is 11.6 Å². The van der Waals surface area contributed by atoms with Gasteiger partial charge in [-0.25, -0.2) is 9.59 Å². The summed E-state index contributed by atoms with van der Waals surface area (Å²) in [6.45, 7) is 3.61. The van der Waals surface area contributed by atoms with E-state index in [9.17, 15) is 9.59 Å². The third kappa shape index (κ3) is 3.89. The van der Waals surface area contributed by atoms with Crippen molar-refractivity contribution in [2.75, 3.05) is 6.61 Å². The molecule has 0 amide bonds. The molecule has 0 saturated heterocycles. The van der Waals surface area contributed by atoms with Gasteiger partial charge in [-0.05, 0) is 49.7 Å². The van der Waals surface area contributed by atoms with Crippen molar-refractivity contribution in [3.8, 4) is 16.9 Å². The summed E-state index contributed by atoms with van der Waals surface area (Å²) in [4.78, 5) is 24.0. The number of hydrogen-bond acceptors (Lipinski definition) is 5. The van der Waals surface area contributed by atoms with Gasteiger partial charge in [0.1, 0.15) is 11.3 Å². The van der Waals surface area contributed by atoms with Crippen molar-refractivity contribution in [2.24, 2.45) is 0 Å². The van der Waals surface area contributed by atoms with Gasteiger partial charge in [-0.2, -0.15) is 0 Å². The van der Waals surface area contributed by atoms with Gasteiger partial charge in [0.05, 0.1) is 12.2 Å². The van der Waals surface area contributed by atoms with Gasteiger partial charge in [-0.3, -0.25) is 0 Å². The lowest BCUT2D eigenvalue weighted by Crippen LogP contribution is -2.26. The molecule has 0 N–H and O–H groups in total. The van der Waals surface area contributed by atoms with Crippen molar-refractivity contribution in [1.29, 1.82) is 0 Å². The van der Waals surface area contributed by atoms with Crippen molar-refractivity contribution in [2.45, 2.75) is 20.0 Å². The van der Waals surface area contributed by atoms with Crippen LogP contribution < -0.4 is 10.4 Å². The second kappa shape index (κ2) is 7.62. The van der Waals surface area contributed by atoms with Gasteiger partial charge in [0.25, 0.3) is 0 Å². The Labute approximate surface area is 155 Å². The zero-order chi connectivity index (χ0) is 18.7. The van der Waals surface area contributed by atoms with Crippen molar-refractivity contribution in [3.05, 3.63) is 64.0 Å². The molecule has 0 spiro atoms. The minimum Gasteiger partial charge on any atom is -0.479 e. The molecule has 1 unspecified atom stereocenters. The number of rotatable bonds is 5. The van der Waals surface area contributed by atoms with E-state index < -0.39 is 17.7 Å². The monoisotopic (exact) mass is 372 g/mol. The van der Waals surface area contributed by atoms with Crippen LogP contribution in [0.5, 0.6) is 5.75 Å². The molecule has 134 valence electrons. The SMILES string of the molecule is CCOC(=O)C(C)Oc1ccc2cc(-c3ccc(Cl)cc3)c(=O)oc2c1. The Bertz CT molecular complexity index is 991. The number of fused-ring (bicyclic) bond motifs is 1.